The molecule has 0 aliphatic heterocycles. The lowest BCUT2D eigenvalue weighted by atomic mass is 10.1. The standard InChI is InChI=1S/C14H8ClF4NO/c15-11-7-10(5-6-12(11)16)20-13(21)8-1-3-9(4-2-8)14(17,18)19/h1-7H,(H,20,21). The van der Waals surface area contributed by atoms with Gasteiger partial charge in [0, 0.05) is 11.3 Å². The van der Waals surface area contributed by atoms with Gasteiger partial charge in [-0.05, 0) is 42.5 Å². The molecule has 0 aliphatic rings. The van der Waals surface area contributed by atoms with Crippen molar-refractivity contribution < 1.29 is 22.4 Å². The first-order valence-corrected chi connectivity index (χ1v) is 6.09. The number of carbonyl (C=O) groups excluding carboxylic acids is 1. The number of nitrogens with one attached hydrogen (secondary N) is 1. The van der Waals surface area contributed by atoms with Crippen LogP contribution in [0.25, 0.3) is 0 Å². The Balaban J connectivity index is 2.15. The van der Waals surface area contributed by atoms with Gasteiger partial charge in [0.15, 0.2) is 0 Å². The third-order valence-corrected chi connectivity index (χ3v) is 2.94. The Kier molecular flexibility index (Phi) is 4.18. The molecule has 1 N–H and O–H groups in total. The van der Waals surface area contributed by atoms with Gasteiger partial charge in [-0.3, -0.25) is 4.79 Å². The fraction of sp³-hybridized carbons (Fsp3) is 0.0714. The summed E-state index contributed by atoms with van der Waals surface area (Å²) in [5.74, 6) is -1.25. The number of halogens is 5. The zero-order chi connectivity index (χ0) is 15.6. The van der Waals surface area contributed by atoms with Crippen molar-refractivity contribution in [3.05, 3.63) is 64.4 Å². The summed E-state index contributed by atoms with van der Waals surface area (Å²) >= 11 is 5.56. The van der Waals surface area contributed by atoms with Gasteiger partial charge < -0.3 is 5.32 Å². The molecule has 0 atom stereocenters. The van der Waals surface area contributed by atoms with Crippen molar-refractivity contribution in [2.45, 2.75) is 6.18 Å². The Morgan fingerprint density at radius 2 is 1.67 bits per heavy atom. The van der Waals surface area contributed by atoms with E-state index >= 15 is 0 Å². The van der Waals surface area contributed by atoms with Crippen molar-refractivity contribution in [1.82, 2.24) is 0 Å². The first-order valence-electron chi connectivity index (χ1n) is 5.71. The lowest BCUT2D eigenvalue weighted by Crippen LogP contribution is -2.13. The lowest BCUT2D eigenvalue weighted by molar-refractivity contribution is -0.137. The van der Waals surface area contributed by atoms with Gasteiger partial charge in [-0.1, -0.05) is 11.6 Å². The number of carbonyl (C=O) groups is 1. The molecule has 0 saturated carbocycles. The zero-order valence-electron chi connectivity index (χ0n) is 10.3. The van der Waals surface area contributed by atoms with E-state index in [0.717, 1.165) is 30.3 Å². The fourth-order valence-electron chi connectivity index (χ4n) is 1.59. The van der Waals surface area contributed by atoms with Crippen LogP contribution < -0.4 is 5.32 Å². The van der Waals surface area contributed by atoms with Gasteiger partial charge in [0.1, 0.15) is 5.82 Å². The van der Waals surface area contributed by atoms with E-state index in [0.29, 0.717) is 0 Å². The van der Waals surface area contributed by atoms with Crippen molar-refractivity contribution in [2.75, 3.05) is 5.32 Å². The van der Waals surface area contributed by atoms with Crippen molar-refractivity contribution in [1.29, 1.82) is 0 Å². The van der Waals surface area contributed by atoms with E-state index in [2.05, 4.69) is 5.32 Å². The van der Waals surface area contributed by atoms with Crippen molar-refractivity contribution >= 4 is 23.2 Å². The van der Waals surface area contributed by atoms with Gasteiger partial charge in [0.25, 0.3) is 5.91 Å². The van der Waals surface area contributed by atoms with Gasteiger partial charge in [0.05, 0.1) is 10.6 Å². The van der Waals surface area contributed by atoms with E-state index in [-0.39, 0.29) is 16.3 Å². The van der Waals surface area contributed by atoms with Crippen LogP contribution in [0.5, 0.6) is 0 Å². The Morgan fingerprint density at radius 1 is 1.05 bits per heavy atom. The maximum Gasteiger partial charge on any atom is 0.416 e. The Bertz CT molecular complexity index is 668. The molecule has 0 unspecified atom stereocenters. The van der Waals surface area contributed by atoms with Crippen LogP contribution in [0.1, 0.15) is 15.9 Å². The van der Waals surface area contributed by atoms with Crippen LogP contribution in [0, 0.1) is 5.82 Å². The SMILES string of the molecule is O=C(Nc1ccc(F)c(Cl)c1)c1ccc(C(F)(F)F)cc1. The second kappa shape index (κ2) is 5.73. The van der Waals surface area contributed by atoms with Crippen LogP contribution in [0.2, 0.25) is 5.02 Å². The molecule has 0 radical (unpaired) electrons. The summed E-state index contributed by atoms with van der Waals surface area (Å²) < 4.78 is 50.2. The monoisotopic (exact) mass is 317 g/mol. The minimum Gasteiger partial charge on any atom is -0.322 e. The summed E-state index contributed by atoms with van der Waals surface area (Å²) in [6, 6.07) is 7.32. The van der Waals surface area contributed by atoms with E-state index in [4.69, 9.17) is 11.6 Å². The summed E-state index contributed by atoms with van der Waals surface area (Å²) in [5.41, 5.74) is -0.557. The summed E-state index contributed by atoms with van der Waals surface area (Å²) in [6.07, 6.45) is -4.46. The number of rotatable bonds is 2. The second-order valence-corrected chi connectivity index (χ2v) is 4.57. The molecule has 2 aromatic rings. The van der Waals surface area contributed by atoms with Gasteiger partial charge in [-0.2, -0.15) is 13.2 Å². The lowest BCUT2D eigenvalue weighted by Gasteiger charge is -2.08. The van der Waals surface area contributed by atoms with Gasteiger partial charge in [-0.15, -0.1) is 0 Å². The highest BCUT2D eigenvalue weighted by atomic mass is 35.5. The second-order valence-electron chi connectivity index (χ2n) is 4.16. The maximum absolute atomic E-state index is 13.0. The Hall–Kier alpha value is -2.08. The quantitative estimate of drug-likeness (QED) is 0.796. The molecule has 1 amide bonds. The topological polar surface area (TPSA) is 29.1 Å². The number of anilines is 1. The van der Waals surface area contributed by atoms with E-state index in [1.54, 1.807) is 0 Å². The van der Waals surface area contributed by atoms with Crippen molar-refractivity contribution in [3.8, 4) is 0 Å². The van der Waals surface area contributed by atoms with Crippen LogP contribution in [0.3, 0.4) is 0 Å². The predicted octanol–water partition coefficient (Wildman–Crippen LogP) is 4.75. The van der Waals surface area contributed by atoms with Gasteiger partial charge >= 0.3 is 6.18 Å². The number of alkyl halides is 3. The first-order chi connectivity index (χ1) is 9.77. The molecular weight excluding hydrogens is 310 g/mol. The fourth-order valence-corrected chi connectivity index (χ4v) is 1.77. The van der Waals surface area contributed by atoms with E-state index in [1.165, 1.54) is 12.1 Å². The van der Waals surface area contributed by atoms with E-state index in [9.17, 15) is 22.4 Å². The normalized spacial score (nSPS) is 11.3. The number of amides is 1. The van der Waals surface area contributed by atoms with Gasteiger partial charge in [0.2, 0.25) is 0 Å². The summed E-state index contributed by atoms with van der Waals surface area (Å²) in [7, 11) is 0. The molecule has 0 aliphatic carbocycles. The molecule has 0 fully saturated rings. The first kappa shape index (κ1) is 15.3. The zero-order valence-corrected chi connectivity index (χ0v) is 11.1. The summed E-state index contributed by atoms with van der Waals surface area (Å²) in [6.45, 7) is 0. The largest absolute Gasteiger partial charge is 0.416 e. The molecule has 2 rings (SSSR count). The number of hydrogen-bond donors (Lipinski definition) is 1. The third-order valence-electron chi connectivity index (χ3n) is 2.65. The Morgan fingerprint density at radius 3 is 2.19 bits per heavy atom. The highest BCUT2D eigenvalue weighted by Crippen LogP contribution is 2.29. The molecule has 2 aromatic carbocycles. The van der Waals surface area contributed by atoms with E-state index < -0.39 is 23.5 Å². The molecule has 2 nitrogen and oxygen atoms in total. The maximum atomic E-state index is 13.0. The minimum absolute atomic E-state index is 0.0449. The molecule has 0 saturated heterocycles. The number of benzene rings is 2. The third kappa shape index (κ3) is 3.72. The predicted molar refractivity (Wildman–Crippen MR) is 70.8 cm³/mol. The molecule has 0 aromatic heterocycles. The molecule has 110 valence electrons. The highest BCUT2D eigenvalue weighted by molar-refractivity contribution is 6.31. The van der Waals surface area contributed by atoms with Crippen LogP contribution in [0.4, 0.5) is 23.2 Å². The molecular formula is C14H8ClF4NO. The average molecular weight is 318 g/mol. The van der Waals surface area contributed by atoms with Crippen LogP contribution in [0.15, 0.2) is 42.5 Å². The van der Waals surface area contributed by atoms with Crippen LogP contribution >= 0.6 is 11.6 Å². The molecule has 7 heteroatoms. The smallest absolute Gasteiger partial charge is 0.322 e. The minimum atomic E-state index is -4.46. The van der Waals surface area contributed by atoms with Crippen LogP contribution in [-0.2, 0) is 6.18 Å². The molecule has 0 heterocycles. The molecule has 0 bridgehead atoms. The van der Waals surface area contributed by atoms with Gasteiger partial charge in [-0.25, -0.2) is 4.39 Å². The average Bonchev–Trinajstić information content (AvgIpc) is 2.42. The molecule has 21 heavy (non-hydrogen) atoms. The van der Waals surface area contributed by atoms with Crippen molar-refractivity contribution in [3.63, 3.8) is 0 Å². The van der Waals surface area contributed by atoms with E-state index in [1.807, 2.05) is 0 Å². The van der Waals surface area contributed by atoms with Crippen molar-refractivity contribution in [2.24, 2.45) is 0 Å². The summed E-state index contributed by atoms with van der Waals surface area (Å²) in [5, 5.41) is 2.25. The summed E-state index contributed by atoms with van der Waals surface area (Å²) in [4.78, 5) is 11.8. The highest BCUT2D eigenvalue weighted by Gasteiger charge is 2.30. The Labute approximate surface area is 122 Å². The van der Waals surface area contributed by atoms with Crippen LogP contribution in [-0.4, -0.2) is 5.91 Å². The number of hydrogen-bond acceptors (Lipinski definition) is 1. The molecule has 0 spiro atoms.